The molecule has 0 heterocycles. The summed E-state index contributed by atoms with van der Waals surface area (Å²) in [5.74, 6) is -0.363. The molecule has 0 aromatic rings. The molecular formula is C10H19O5P. The van der Waals surface area contributed by atoms with Crippen LogP contribution in [0.25, 0.3) is 0 Å². The van der Waals surface area contributed by atoms with Crippen molar-refractivity contribution in [2.75, 3.05) is 19.4 Å². The minimum absolute atomic E-state index is 0.117. The van der Waals surface area contributed by atoms with Gasteiger partial charge in [0.15, 0.2) is 0 Å². The Bertz CT molecular complexity index is 266. The molecule has 0 fully saturated rings. The summed E-state index contributed by atoms with van der Waals surface area (Å²) in [6.45, 7) is 7.13. The topological polar surface area (TPSA) is 72.8 Å². The summed E-state index contributed by atoms with van der Waals surface area (Å²) in [4.78, 5) is 11.4. The SMILES string of the molecule is C=C[C@@H](O)CC(=O)CP(=O)(OCC)OCC. The number of carbonyl (C=O) groups is 1. The smallest absolute Gasteiger partial charge is 0.338 e. The Morgan fingerprint density at radius 2 is 1.94 bits per heavy atom. The van der Waals surface area contributed by atoms with Crippen LogP contribution in [0.5, 0.6) is 0 Å². The normalized spacial score (nSPS) is 13.4. The van der Waals surface area contributed by atoms with Gasteiger partial charge in [-0.2, -0.15) is 0 Å². The van der Waals surface area contributed by atoms with Crippen LogP contribution in [0.4, 0.5) is 0 Å². The second kappa shape index (κ2) is 7.74. The lowest BCUT2D eigenvalue weighted by atomic mass is 10.2. The lowest BCUT2D eigenvalue weighted by Crippen LogP contribution is -2.15. The Morgan fingerprint density at radius 1 is 1.44 bits per heavy atom. The molecule has 0 aliphatic heterocycles. The Hall–Kier alpha value is -0.480. The molecule has 5 nitrogen and oxygen atoms in total. The van der Waals surface area contributed by atoms with Crippen LogP contribution in [0.3, 0.4) is 0 Å². The highest BCUT2D eigenvalue weighted by Gasteiger charge is 2.27. The largest absolute Gasteiger partial charge is 0.389 e. The molecule has 0 bridgehead atoms. The molecule has 16 heavy (non-hydrogen) atoms. The number of carbonyl (C=O) groups excluding carboxylic acids is 1. The van der Waals surface area contributed by atoms with Crippen LogP contribution in [-0.2, 0) is 18.4 Å². The zero-order chi connectivity index (χ0) is 12.6. The van der Waals surface area contributed by atoms with Gasteiger partial charge in [-0.25, -0.2) is 0 Å². The first-order valence-electron chi connectivity index (χ1n) is 5.17. The molecule has 1 atom stereocenters. The molecule has 0 radical (unpaired) electrons. The summed E-state index contributed by atoms with van der Waals surface area (Å²) in [5.41, 5.74) is 0. The summed E-state index contributed by atoms with van der Waals surface area (Å²) in [5, 5.41) is 9.17. The van der Waals surface area contributed by atoms with E-state index in [1.807, 2.05) is 0 Å². The molecule has 94 valence electrons. The first-order chi connectivity index (χ1) is 7.47. The molecule has 0 spiro atoms. The summed E-state index contributed by atoms with van der Waals surface area (Å²) >= 11 is 0. The van der Waals surface area contributed by atoms with Crippen molar-refractivity contribution < 1.29 is 23.5 Å². The van der Waals surface area contributed by atoms with Crippen molar-refractivity contribution in [1.29, 1.82) is 0 Å². The quantitative estimate of drug-likeness (QED) is 0.498. The zero-order valence-electron chi connectivity index (χ0n) is 9.72. The van der Waals surface area contributed by atoms with Crippen LogP contribution >= 0.6 is 7.60 Å². The van der Waals surface area contributed by atoms with E-state index in [-0.39, 0.29) is 31.6 Å². The van der Waals surface area contributed by atoms with E-state index >= 15 is 0 Å². The van der Waals surface area contributed by atoms with Crippen LogP contribution < -0.4 is 0 Å². The van der Waals surface area contributed by atoms with Crippen LogP contribution in [0.15, 0.2) is 12.7 Å². The van der Waals surface area contributed by atoms with Gasteiger partial charge >= 0.3 is 7.60 Å². The van der Waals surface area contributed by atoms with Crippen molar-refractivity contribution in [2.45, 2.75) is 26.4 Å². The van der Waals surface area contributed by atoms with Crippen LogP contribution in [-0.4, -0.2) is 36.4 Å². The fourth-order valence-electron chi connectivity index (χ4n) is 1.12. The van der Waals surface area contributed by atoms with Gasteiger partial charge in [0, 0.05) is 6.42 Å². The summed E-state index contributed by atoms with van der Waals surface area (Å²) in [6.07, 6.45) is -0.0820. The summed E-state index contributed by atoms with van der Waals surface area (Å²) in [7, 11) is -3.34. The molecule has 6 heteroatoms. The van der Waals surface area contributed by atoms with E-state index in [2.05, 4.69) is 6.58 Å². The second-order valence-corrected chi connectivity index (χ2v) is 5.20. The molecule has 0 rings (SSSR count). The van der Waals surface area contributed by atoms with Crippen molar-refractivity contribution in [3.63, 3.8) is 0 Å². The molecule has 0 aromatic carbocycles. The predicted octanol–water partition coefficient (Wildman–Crippen LogP) is 1.76. The third-order valence-electron chi connectivity index (χ3n) is 1.73. The minimum atomic E-state index is -3.34. The van der Waals surface area contributed by atoms with Gasteiger partial charge in [0.05, 0.1) is 19.3 Å². The van der Waals surface area contributed by atoms with Gasteiger partial charge in [-0.1, -0.05) is 6.08 Å². The highest BCUT2D eigenvalue weighted by Crippen LogP contribution is 2.47. The molecule has 0 amide bonds. The van der Waals surface area contributed by atoms with Crippen LogP contribution in [0, 0.1) is 0 Å². The van der Waals surface area contributed by atoms with Gasteiger partial charge in [-0.15, -0.1) is 6.58 Å². The number of hydrogen-bond acceptors (Lipinski definition) is 5. The highest BCUT2D eigenvalue weighted by atomic mass is 31.2. The van der Waals surface area contributed by atoms with Crippen LogP contribution in [0.1, 0.15) is 20.3 Å². The monoisotopic (exact) mass is 250 g/mol. The molecule has 0 saturated carbocycles. The number of aliphatic hydroxyl groups excluding tert-OH is 1. The number of ketones is 1. The Kier molecular flexibility index (Phi) is 7.51. The van der Waals surface area contributed by atoms with E-state index in [0.29, 0.717) is 0 Å². The van der Waals surface area contributed by atoms with E-state index in [1.165, 1.54) is 6.08 Å². The van der Waals surface area contributed by atoms with Crippen molar-refractivity contribution in [1.82, 2.24) is 0 Å². The van der Waals surface area contributed by atoms with Crippen LogP contribution in [0.2, 0.25) is 0 Å². The molecule has 0 aromatic heterocycles. The Morgan fingerprint density at radius 3 is 2.31 bits per heavy atom. The maximum atomic E-state index is 11.9. The first kappa shape index (κ1) is 15.5. The summed E-state index contributed by atoms with van der Waals surface area (Å²) in [6, 6.07) is 0. The molecule has 0 aliphatic carbocycles. The lowest BCUT2D eigenvalue weighted by Gasteiger charge is -2.16. The lowest BCUT2D eigenvalue weighted by molar-refractivity contribution is -0.118. The fraction of sp³-hybridized carbons (Fsp3) is 0.700. The number of hydrogen-bond donors (Lipinski definition) is 1. The average molecular weight is 250 g/mol. The van der Waals surface area contributed by atoms with Gasteiger partial charge in [0.25, 0.3) is 0 Å². The van der Waals surface area contributed by atoms with Gasteiger partial charge in [0.2, 0.25) is 0 Å². The van der Waals surface area contributed by atoms with E-state index in [4.69, 9.17) is 9.05 Å². The van der Waals surface area contributed by atoms with E-state index in [1.54, 1.807) is 13.8 Å². The number of Topliss-reactive ketones (excluding diaryl/α,β-unsaturated/α-hetero) is 1. The first-order valence-corrected chi connectivity index (χ1v) is 6.90. The highest BCUT2D eigenvalue weighted by molar-refractivity contribution is 7.54. The Labute approximate surface area is 96.0 Å². The van der Waals surface area contributed by atoms with Gasteiger partial charge < -0.3 is 14.2 Å². The standard InChI is InChI=1S/C10H19O5P/c1-4-9(11)7-10(12)8-16(13,14-5-2)15-6-3/h4,9,11H,1,5-8H2,2-3H3/t9-/m1/s1. The number of aliphatic hydroxyl groups is 1. The third-order valence-corrected chi connectivity index (χ3v) is 3.77. The minimum Gasteiger partial charge on any atom is -0.389 e. The number of rotatable bonds is 9. The van der Waals surface area contributed by atoms with Crippen molar-refractivity contribution >= 4 is 13.4 Å². The van der Waals surface area contributed by atoms with Gasteiger partial charge in [-0.05, 0) is 13.8 Å². The molecule has 0 saturated heterocycles. The maximum Gasteiger partial charge on any atom is 0.338 e. The predicted molar refractivity (Wildman–Crippen MR) is 61.6 cm³/mol. The molecule has 0 aliphatic rings. The van der Waals surface area contributed by atoms with E-state index in [0.717, 1.165) is 0 Å². The van der Waals surface area contributed by atoms with Gasteiger partial charge in [-0.3, -0.25) is 9.36 Å². The van der Waals surface area contributed by atoms with Crippen molar-refractivity contribution in [3.8, 4) is 0 Å². The van der Waals surface area contributed by atoms with E-state index < -0.39 is 13.7 Å². The van der Waals surface area contributed by atoms with E-state index in [9.17, 15) is 14.5 Å². The van der Waals surface area contributed by atoms with Crippen molar-refractivity contribution in [2.24, 2.45) is 0 Å². The Balaban J connectivity index is 4.34. The fourth-order valence-corrected chi connectivity index (χ4v) is 2.72. The average Bonchev–Trinajstić information content (AvgIpc) is 2.17. The van der Waals surface area contributed by atoms with Crippen molar-refractivity contribution in [3.05, 3.63) is 12.7 Å². The molecule has 0 unspecified atom stereocenters. The second-order valence-electron chi connectivity index (χ2n) is 3.15. The van der Waals surface area contributed by atoms with Gasteiger partial charge in [0.1, 0.15) is 11.9 Å². The third kappa shape index (κ3) is 6.18. The zero-order valence-corrected chi connectivity index (χ0v) is 10.6. The molecular weight excluding hydrogens is 231 g/mol. The molecule has 1 N–H and O–H groups in total. The maximum absolute atomic E-state index is 11.9. The summed E-state index contributed by atoms with van der Waals surface area (Å²) < 4.78 is 21.8.